The van der Waals surface area contributed by atoms with E-state index in [1.165, 1.54) is 24.3 Å². The van der Waals surface area contributed by atoms with Crippen LogP contribution < -0.4 is 5.32 Å². The molecule has 0 heterocycles. The van der Waals surface area contributed by atoms with Crippen LogP contribution in [0, 0.1) is 5.82 Å². The molecule has 2 N–H and O–H groups in total. The zero-order chi connectivity index (χ0) is 18.2. The first-order chi connectivity index (χ1) is 12.0. The lowest BCUT2D eigenvalue weighted by molar-refractivity contribution is -0.141. The number of hydrogen-bond donors (Lipinski definition) is 2. The minimum atomic E-state index is -1.33. The molecular formula is C18H18FNO4S. The number of aliphatic carboxylic acids is 1. The molecule has 1 amide bonds. The molecule has 0 saturated heterocycles. The first-order valence-corrected chi connectivity index (χ1v) is 8.97. The van der Waals surface area contributed by atoms with E-state index in [-0.39, 0.29) is 18.6 Å². The van der Waals surface area contributed by atoms with Crippen molar-refractivity contribution in [2.45, 2.75) is 23.8 Å². The third-order valence-corrected chi connectivity index (χ3v) is 4.91. The molecule has 0 aliphatic rings. The van der Waals surface area contributed by atoms with Crippen LogP contribution >= 0.6 is 0 Å². The highest BCUT2D eigenvalue weighted by Crippen LogP contribution is 2.09. The quantitative estimate of drug-likeness (QED) is 0.753. The van der Waals surface area contributed by atoms with Crippen LogP contribution in [0.25, 0.3) is 0 Å². The average molecular weight is 363 g/mol. The number of benzene rings is 2. The summed E-state index contributed by atoms with van der Waals surface area (Å²) < 4.78 is 25.0. The number of nitrogens with one attached hydrogen (secondary N) is 1. The molecule has 0 aliphatic carbocycles. The number of carbonyl (C=O) groups excluding carboxylic acids is 1. The van der Waals surface area contributed by atoms with Crippen LogP contribution in [0.1, 0.15) is 12.0 Å². The summed E-state index contributed by atoms with van der Waals surface area (Å²) in [6.45, 7) is 0. The fraction of sp³-hybridized carbons (Fsp3) is 0.222. The highest BCUT2D eigenvalue weighted by atomic mass is 32.2. The maximum Gasteiger partial charge on any atom is 0.326 e. The summed E-state index contributed by atoms with van der Waals surface area (Å²) in [4.78, 5) is 23.9. The van der Waals surface area contributed by atoms with Gasteiger partial charge in [-0.1, -0.05) is 30.3 Å². The van der Waals surface area contributed by atoms with Gasteiger partial charge in [0, 0.05) is 10.6 Å². The largest absolute Gasteiger partial charge is 0.480 e. The molecule has 2 aromatic carbocycles. The summed E-state index contributed by atoms with van der Waals surface area (Å²) in [7, 11) is -1.33. The van der Waals surface area contributed by atoms with Gasteiger partial charge in [-0.2, -0.15) is 0 Å². The van der Waals surface area contributed by atoms with Gasteiger partial charge in [-0.3, -0.25) is 9.00 Å². The fourth-order valence-electron chi connectivity index (χ4n) is 2.21. The van der Waals surface area contributed by atoms with E-state index in [0.29, 0.717) is 10.5 Å². The van der Waals surface area contributed by atoms with E-state index < -0.39 is 34.5 Å². The Labute approximate surface area is 147 Å². The molecule has 0 aromatic heterocycles. The average Bonchev–Trinajstić information content (AvgIpc) is 2.60. The van der Waals surface area contributed by atoms with Crippen molar-refractivity contribution < 1.29 is 23.3 Å². The number of carboxylic acid groups (broad SMARTS) is 1. The van der Waals surface area contributed by atoms with Crippen molar-refractivity contribution in [2.24, 2.45) is 0 Å². The summed E-state index contributed by atoms with van der Waals surface area (Å²) in [6.07, 6.45) is -0.00215. The van der Waals surface area contributed by atoms with Gasteiger partial charge in [0.1, 0.15) is 11.9 Å². The van der Waals surface area contributed by atoms with Crippen molar-refractivity contribution in [1.29, 1.82) is 0 Å². The molecule has 5 nitrogen and oxygen atoms in total. The van der Waals surface area contributed by atoms with E-state index in [0.717, 1.165) is 0 Å². The van der Waals surface area contributed by atoms with Gasteiger partial charge in [0.25, 0.3) is 0 Å². The van der Waals surface area contributed by atoms with Crippen molar-refractivity contribution in [3.63, 3.8) is 0 Å². The summed E-state index contributed by atoms with van der Waals surface area (Å²) >= 11 is 0. The van der Waals surface area contributed by atoms with E-state index in [1.807, 2.05) is 0 Å². The van der Waals surface area contributed by atoms with Crippen molar-refractivity contribution in [1.82, 2.24) is 5.32 Å². The number of rotatable bonds is 8. The standard InChI is InChI=1S/C18H18FNO4S/c19-14-8-6-13(7-9-14)12-17(21)20-16(18(22)23)10-11-25(24)15-4-2-1-3-5-15/h1-9,16H,10-12H2,(H,20,21)(H,22,23)/t16-,25+/m0/s1. The maximum atomic E-state index is 12.8. The molecule has 0 unspecified atom stereocenters. The molecule has 2 atom stereocenters. The van der Waals surface area contributed by atoms with Crippen LogP contribution in [0.3, 0.4) is 0 Å². The molecular weight excluding hydrogens is 345 g/mol. The van der Waals surface area contributed by atoms with Crippen LogP contribution in [0.4, 0.5) is 4.39 Å². The summed E-state index contributed by atoms with van der Waals surface area (Å²) in [6, 6.07) is 13.0. The molecule has 0 radical (unpaired) electrons. The predicted octanol–water partition coefficient (Wildman–Crippen LogP) is 2.14. The molecule has 0 bridgehead atoms. The molecule has 7 heteroatoms. The van der Waals surface area contributed by atoms with Crippen molar-refractivity contribution >= 4 is 22.7 Å². The Morgan fingerprint density at radius 3 is 2.32 bits per heavy atom. The van der Waals surface area contributed by atoms with Gasteiger partial charge in [-0.25, -0.2) is 9.18 Å². The normalized spacial score (nSPS) is 13.0. The smallest absolute Gasteiger partial charge is 0.326 e. The summed E-state index contributed by atoms with van der Waals surface area (Å²) in [5.41, 5.74) is 0.580. The van der Waals surface area contributed by atoms with Gasteiger partial charge in [-0.15, -0.1) is 0 Å². The van der Waals surface area contributed by atoms with E-state index in [2.05, 4.69) is 5.32 Å². The first kappa shape index (κ1) is 18.8. The lowest BCUT2D eigenvalue weighted by atomic mass is 10.1. The predicted molar refractivity (Wildman–Crippen MR) is 92.0 cm³/mol. The van der Waals surface area contributed by atoms with Crippen molar-refractivity contribution in [3.05, 3.63) is 66.0 Å². The highest BCUT2D eigenvalue weighted by molar-refractivity contribution is 7.85. The van der Waals surface area contributed by atoms with Crippen molar-refractivity contribution in [3.8, 4) is 0 Å². The van der Waals surface area contributed by atoms with Gasteiger partial charge in [0.2, 0.25) is 5.91 Å². The minimum absolute atomic E-state index is 0.0476. The Hall–Kier alpha value is -2.54. The van der Waals surface area contributed by atoms with Gasteiger partial charge in [0.05, 0.1) is 17.2 Å². The third kappa shape index (κ3) is 6.11. The van der Waals surface area contributed by atoms with Crippen LogP contribution in [-0.4, -0.2) is 33.0 Å². The lowest BCUT2D eigenvalue weighted by Gasteiger charge is -2.14. The molecule has 0 saturated carbocycles. The molecule has 0 aliphatic heterocycles. The van der Waals surface area contributed by atoms with Crippen LogP contribution in [0.2, 0.25) is 0 Å². The lowest BCUT2D eigenvalue weighted by Crippen LogP contribution is -2.42. The number of amides is 1. The van der Waals surface area contributed by atoms with Crippen LogP contribution in [0.15, 0.2) is 59.5 Å². The van der Waals surface area contributed by atoms with E-state index in [1.54, 1.807) is 30.3 Å². The monoisotopic (exact) mass is 363 g/mol. The Bertz CT molecular complexity index is 749. The number of halogens is 1. The SMILES string of the molecule is O=C(Cc1ccc(F)cc1)N[C@@H](CC[S@@](=O)c1ccccc1)C(=O)O. The number of carbonyl (C=O) groups is 2. The Kier molecular flexibility index (Phi) is 6.82. The maximum absolute atomic E-state index is 12.8. The molecule has 0 fully saturated rings. The summed E-state index contributed by atoms with van der Waals surface area (Å²) in [5.74, 6) is -1.95. The molecule has 2 rings (SSSR count). The zero-order valence-electron chi connectivity index (χ0n) is 13.4. The second-order valence-electron chi connectivity index (χ2n) is 5.41. The van der Waals surface area contributed by atoms with E-state index in [9.17, 15) is 23.3 Å². The summed E-state index contributed by atoms with van der Waals surface area (Å²) in [5, 5.41) is 11.7. The van der Waals surface area contributed by atoms with E-state index in [4.69, 9.17) is 0 Å². The van der Waals surface area contributed by atoms with Crippen LogP contribution in [-0.2, 0) is 26.8 Å². The second-order valence-corrected chi connectivity index (χ2v) is 6.98. The molecule has 132 valence electrons. The third-order valence-electron chi connectivity index (χ3n) is 3.51. The Balaban J connectivity index is 1.89. The number of hydrogen-bond acceptors (Lipinski definition) is 3. The topological polar surface area (TPSA) is 83.5 Å². The minimum Gasteiger partial charge on any atom is -0.480 e. The van der Waals surface area contributed by atoms with Crippen LogP contribution in [0.5, 0.6) is 0 Å². The first-order valence-electron chi connectivity index (χ1n) is 7.66. The molecule has 2 aromatic rings. The van der Waals surface area contributed by atoms with Gasteiger partial charge >= 0.3 is 5.97 Å². The van der Waals surface area contributed by atoms with Gasteiger partial charge < -0.3 is 10.4 Å². The van der Waals surface area contributed by atoms with E-state index >= 15 is 0 Å². The second kappa shape index (κ2) is 9.08. The zero-order valence-corrected chi connectivity index (χ0v) is 14.2. The Morgan fingerprint density at radius 1 is 1.08 bits per heavy atom. The van der Waals surface area contributed by atoms with Gasteiger partial charge in [-0.05, 0) is 36.2 Å². The fourth-order valence-corrected chi connectivity index (χ4v) is 3.35. The Morgan fingerprint density at radius 2 is 1.72 bits per heavy atom. The molecule has 25 heavy (non-hydrogen) atoms. The van der Waals surface area contributed by atoms with Gasteiger partial charge in [0.15, 0.2) is 0 Å². The molecule has 0 spiro atoms. The van der Waals surface area contributed by atoms with Crippen molar-refractivity contribution in [2.75, 3.05) is 5.75 Å². The highest BCUT2D eigenvalue weighted by Gasteiger charge is 2.21. The number of carboxylic acids is 1.